The van der Waals surface area contributed by atoms with Crippen molar-refractivity contribution in [1.82, 2.24) is 9.88 Å². The Labute approximate surface area is 192 Å². The number of hydrogen-bond acceptors (Lipinski definition) is 5. The zero-order valence-electron chi connectivity index (χ0n) is 16.0. The summed E-state index contributed by atoms with van der Waals surface area (Å²) < 4.78 is 5.94. The summed E-state index contributed by atoms with van der Waals surface area (Å²) in [7, 11) is 1.66. The molecular formula is C20H18Cl3N3O3S. The minimum atomic E-state index is -0.650. The number of aryl methyl sites for hydroxylation is 1. The van der Waals surface area contributed by atoms with Gasteiger partial charge in [-0.2, -0.15) is 0 Å². The first-order valence-electron chi connectivity index (χ1n) is 9.00. The van der Waals surface area contributed by atoms with Gasteiger partial charge < -0.3 is 9.64 Å². The van der Waals surface area contributed by atoms with Gasteiger partial charge in [0.15, 0.2) is 5.13 Å². The SMILES string of the molecule is CN(CCOC(=O)Nc1nc2cc(Cl)c(Cl)cc2s1)C(=O)CCc1ccccc1Cl. The molecule has 1 heterocycles. The molecule has 0 aliphatic carbocycles. The van der Waals surface area contributed by atoms with Crippen LogP contribution in [-0.4, -0.2) is 42.1 Å². The molecule has 1 aromatic heterocycles. The lowest BCUT2D eigenvalue weighted by Gasteiger charge is -2.17. The predicted molar refractivity (Wildman–Crippen MR) is 122 cm³/mol. The molecule has 0 unspecified atom stereocenters. The number of likely N-dealkylation sites (N-methyl/N-ethyl adjacent to an activating group) is 1. The van der Waals surface area contributed by atoms with Gasteiger partial charge in [-0.1, -0.05) is 64.3 Å². The van der Waals surface area contributed by atoms with Crippen LogP contribution >= 0.6 is 46.1 Å². The number of benzene rings is 2. The number of anilines is 1. The number of rotatable bonds is 7. The smallest absolute Gasteiger partial charge is 0.413 e. The van der Waals surface area contributed by atoms with Gasteiger partial charge in [-0.3, -0.25) is 10.1 Å². The Hall–Kier alpha value is -2.06. The molecule has 3 aromatic rings. The molecule has 0 fully saturated rings. The molecule has 0 atom stereocenters. The molecule has 0 saturated carbocycles. The minimum Gasteiger partial charge on any atom is -0.447 e. The molecule has 0 bridgehead atoms. The maximum atomic E-state index is 12.2. The highest BCUT2D eigenvalue weighted by Crippen LogP contribution is 2.33. The number of hydrogen-bond donors (Lipinski definition) is 1. The highest BCUT2D eigenvalue weighted by molar-refractivity contribution is 7.22. The second kappa shape index (κ2) is 10.3. The van der Waals surface area contributed by atoms with Crippen molar-refractivity contribution in [2.45, 2.75) is 12.8 Å². The summed E-state index contributed by atoms with van der Waals surface area (Å²) >= 11 is 19.3. The van der Waals surface area contributed by atoms with E-state index in [9.17, 15) is 9.59 Å². The third-order valence-corrected chi connectivity index (χ3v) is 6.32. The second-order valence-electron chi connectivity index (χ2n) is 6.42. The van der Waals surface area contributed by atoms with E-state index in [-0.39, 0.29) is 19.1 Å². The van der Waals surface area contributed by atoms with Crippen molar-refractivity contribution in [3.05, 3.63) is 57.0 Å². The van der Waals surface area contributed by atoms with E-state index >= 15 is 0 Å². The number of nitrogens with zero attached hydrogens (tertiary/aromatic N) is 2. The fourth-order valence-electron chi connectivity index (χ4n) is 2.63. The summed E-state index contributed by atoms with van der Waals surface area (Å²) in [5.41, 5.74) is 1.56. The first kappa shape index (κ1) is 22.6. The van der Waals surface area contributed by atoms with Gasteiger partial charge in [0, 0.05) is 18.5 Å². The molecule has 0 radical (unpaired) electrons. The molecule has 2 aromatic carbocycles. The fourth-order valence-corrected chi connectivity index (χ4v) is 4.12. The van der Waals surface area contributed by atoms with Gasteiger partial charge in [-0.05, 0) is 30.2 Å². The van der Waals surface area contributed by atoms with E-state index in [1.54, 1.807) is 25.2 Å². The second-order valence-corrected chi connectivity index (χ2v) is 8.67. The number of amides is 2. The number of ether oxygens (including phenoxy) is 1. The summed E-state index contributed by atoms with van der Waals surface area (Å²) in [4.78, 5) is 30.0. The van der Waals surface area contributed by atoms with Crippen LogP contribution in [0.3, 0.4) is 0 Å². The number of halogens is 3. The van der Waals surface area contributed by atoms with Crippen LogP contribution in [0.15, 0.2) is 36.4 Å². The lowest BCUT2D eigenvalue weighted by atomic mass is 10.1. The minimum absolute atomic E-state index is 0.0566. The van der Waals surface area contributed by atoms with Crippen molar-refractivity contribution in [3.8, 4) is 0 Å². The Morgan fingerprint density at radius 2 is 1.87 bits per heavy atom. The molecule has 1 N–H and O–H groups in total. The number of thiazole rings is 1. The Balaban J connectivity index is 1.42. The largest absolute Gasteiger partial charge is 0.447 e. The van der Waals surface area contributed by atoms with Crippen LogP contribution in [0.2, 0.25) is 15.1 Å². The first-order valence-corrected chi connectivity index (χ1v) is 11.0. The van der Waals surface area contributed by atoms with Crippen LogP contribution < -0.4 is 5.32 Å². The van der Waals surface area contributed by atoms with Gasteiger partial charge >= 0.3 is 6.09 Å². The molecule has 0 saturated heterocycles. The Bertz CT molecular complexity index is 1030. The van der Waals surface area contributed by atoms with E-state index in [0.717, 1.165) is 10.3 Å². The number of aromatic nitrogens is 1. The molecule has 10 heteroatoms. The van der Waals surface area contributed by atoms with Crippen LogP contribution in [0.5, 0.6) is 0 Å². The number of carbonyl (C=O) groups is 2. The third kappa shape index (κ3) is 5.98. The Kier molecular flexibility index (Phi) is 7.77. The van der Waals surface area contributed by atoms with Crippen LogP contribution in [-0.2, 0) is 16.0 Å². The fraction of sp³-hybridized carbons (Fsp3) is 0.250. The van der Waals surface area contributed by atoms with Gasteiger partial charge in [-0.25, -0.2) is 9.78 Å². The molecule has 0 aliphatic heterocycles. The average Bonchev–Trinajstić information content (AvgIpc) is 3.08. The first-order chi connectivity index (χ1) is 14.3. The van der Waals surface area contributed by atoms with Crippen LogP contribution in [0.1, 0.15) is 12.0 Å². The maximum absolute atomic E-state index is 12.2. The quantitative estimate of drug-likeness (QED) is 0.451. The summed E-state index contributed by atoms with van der Waals surface area (Å²) in [6.45, 7) is 0.336. The van der Waals surface area contributed by atoms with E-state index in [1.165, 1.54) is 16.2 Å². The zero-order chi connectivity index (χ0) is 21.7. The third-order valence-electron chi connectivity index (χ3n) is 4.29. The van der Waals surface area contributed by atoms with E-state index in [1.807, 2.05) is 18.2 Å². The monoisotopic (exact) mass is 485 g/mol. The van der Waals surface area contributed by atoms with Gasteiger partial charge in [0.25, 0.3) is 0 Å². The van der Waals surface area contributed by atoms with Gasteiger partial charge in [0.05, 0.1) is 26.8 Å². The zero-order valence-corrected chi connectivity index (χ0v) is 19.0. The van der Waals surface area contributed by atoms with Crippen molar-refractivity contribution >= 4 is 73.5 Å². The molecule has 30 heavy (non-hydrogen) atoms. The molecule has 3 rings (SSSR count). The van der Waals surface area contributed by atoms with Crippen LogP contribution in [0.25, 0.3) is 10.2 Å². The molecule has 6 nitrogen and oxygen atoms in total. The lowest BCUT2D eigenvalue weighted by Crippen LogP contribution is -2.31. The van der Waals surface area contributed by atoms with Crippen molar-refractivity contribution in [2.24, 2.45) is 0 Å². The normalized spacial score (nSPS) is 10.8. The average molecular weight is 487 g/mol. The molecular weight excluding hydrogens is 469 g/mol. The van der Waals surface area contributed by atoms with Gasteiger partial charge in [0.1, 0.15) is 6.61 Å². The maximum Gasteiger partial charge on any atom is 0.413 e. The van der Waals surface area contributed by atoms with E-state index < -0.39 is 6.09 Å². The molecule has 158 valence electrons. The summed E-state index contributed by atoms with van der Waals surface area (Å²) in [5, 5.41) is 4.40. The Morgan fingerprint density at radius 1 is 1.13 bits per heavy atom. The predicted octanol–water partition coefficient (Wildman–Crippen LogP) is 5.90. The van der Waals surface area contributed by atoms with E-state index in [4.69, 9.17) is 39.5 Å². The van der Waals surface area contributed by atoms with E-state index in [0.29, 0.717) is 38.6 Å². The van der Waals surface area contributed by atoms with Crippen LogP contribution in [0.4, 0.5) is 9.93 Å². The molecule has 2 amide bonds. The summed E-state index contributed by atoms with van der Waals surface area (Å²) in [6.07, 6.45) is 0.224. The van der Waals surface area contributed by atoms with E-state index in [2.05, 4.69) is 10.3 Å². The topological polar surface area (TPSA) is 71.5 Å². The van der Waals surface area contributed by atoms with Gasteiger partial charge in [-0.15, -0.1) is 0 Å². The van der Waals surface area contributed by atoms with Gasteiger partial charge in [0.2, 0.25) is 5.91 Å². The summed E-state index contributed by atoms with van der Waals surface area (Å²) in [5.74, 6) is -0.0566. The molecule has 0 spiro atoms. The van der Waals surface area contributed by atoms with Crippen molar-refractivity contribution in [1.29, 1.82) is 0 Å². The van der Waals surface area contributed by atoms with Crippen molar-refractivity contribution in [3.63, 3.8) is 0 Å². The standard InChI is InChI=1S/C20H18Cl3N3O3S/c1-26(18(27)7-6-12-4-2-3-5-13(12)21)8-9-29-20(28)25-19-24-16-10-14(22)15(23)11-17(16)30-19/h2-5,10-11H,6-9H2,1H3,(H,24,25,28). The van der Waals surface area contributed by atoms with Crippen molar-refractivity contribution in [2.75, 3.05) is 25.5 Å². The lowest BCUT2D eigenvalue weighted by molar-refractivity contribution is -0.130. The number of nitrogens with one attached hydrogen (secondary N) is 1. The van der Waals surface area contributed by atoms with Crippen LogP contribution in [0, 0.1) is 0 Å². The van der Waals surface area contributed by atoms with Crippen molar-refractivity contribution < 1.29 is 14.3 Å². The number of carbonyl (C=O) groups excluding carboxylic acids is 2. The Morgan fingerprint density at radius 3 is 2.63 bits per heavy atom. The number of fused-ring (bicyclic) bond motifs is 1. The highest BCUT2D eigenvalue weighted by atomic mass is 35.5. The molecule has 0 aliphatic rings. The highest BCUT2D eigenvalue weighted by Gasteiger charge is 2.13. The summed E-state index contributed by atoms with van der Waals surface area (Å²) in [6, 6.07) is 10.8.